The number of hydrogen-bond acceptors (Lipinski definition) is 3. The first kappa shape index (κ1) is 13.2. The van der Waals surface area contributed by atoms with Crippen molar-refractivity contribution in [2.45, 2.75) is 31.3 Å². The highest BCUT2D eigenvalue weighted by molar-refractivity contribution is 6.30. The van der Waals surface area contributed by atoms with Crippen molar-refractivity contribution < 1.29 is 5.11 Å². The van der Waals surface area contributed by atoms with Crippen LogP contribution in [0.3, 0.4) is 0 Å². The average molecular weight is 265 g/mol. The number of halogens is 1. The third-order valence-electron chi connectivity index (χ3n) is 3.56. The van der Waals surface area contributed by atoms with E-state index in [0.717, 1.165) is 31.4 Å². The van der Waals surface area contributed by atoms with Gasteiger partial charge in [0.1, 0.15) is 6.07 Å². The highest BCUT2D eigenvalue weighted by Crippen LogP contribution is 2.32. The minimum atomic E-state index is -0.610. The molecular weight excluding hydrogens is 248 g/mol. The Morgan fingerprint density at radius 1 is 1.44 bits per heavy atom. The lowest BCUT2D eigenvalue weighted by atomic mass is 10.0. The van der Waals surface area contributed by atoms with Gasteiger partial charge in [-0.3, -0.25) is 0 Å². The zero-order valence-corrected chi connectivity index (χ0v) is 11.2. The highest BCUT2D eigenvalue weighted by Gasteiger charge is 2.32. The van der Waals surface area contributed by atoms with Crippen molar-refractivity contribution in [3.8, 4) is 6.07 Å². The SMILES string of the molecule is CN(CC1(O)CCCC1)c1ccc(Cl)cc1C#N. The summed E-state index contributed by atoms with van der Waals surface area (Å²) in [4.78, 5) is 1.94. The van der Waals surface area contributed by atoms with E-state index < -0.39 is 5.60 Å². The van der Waals surface area contributed by atoms with Crippen LogP contribution in [0.15, 0.2) is 18.2 Å². The molecule has 96 valence electrons. The molecule has 0 radical (unpaired) electrons. The Balaban J connectivity index is 2.18. The van der Waals surface area contributed by atoms with E-state index in [1.54, 1.807) is 12.1 Å². The molecule has 2 rings (SSSR count). The fraction of sp³-hybridized carbons (Fsp3) is 0.500. The normalized spacial score (nSPS) is 17.4. The Kier molecular flexibility index (Phi) is 3.79. The fourth-order valence-corrected chi connectivity index (χ4v) is 2.82. The van der Waals surface area contributed by atoms with Gasteiger partial charge in [0.25, 0.3) is 0 Å². The summed E-state index contributed by atoms with van der Waals surface area (Å²) in [6, 6.07) is 7.41. The monoisotopic (exact) mass is 264 g/mol. The van der Waals surface area contributed by atoms with E-state index in [1.165, 1.54) is 0 Å². The number of benzene rings is 1. The van der Waals surface area contributed by atoms with Gasteiger partial charge in [-0.25, -0.2) is 0 Å². The Bertz CT molecular complexity index is 475. The van der Waals surface area contributed by atoms with Crippen molar-refractivity contribution in [1.29, 1.82) is 5.26 Å². The third-order valence-corrected chi connectivity index (χ3v) is 3.79. The molecule has 1 aromatic carbocycles. The number of nitrogens with zero attached hydrogens (tertiary/aromatic N) is 2. The van der Waals surface area contributed by atoms with Gasteiger partial charge < -0.3 is 10.0 Å². The molecule has 0 bridgehead atoms. The maximum atomic E-state index is 10.4. The standard InChI is InChI=1S/C14H17ClN2O/c1-17(10-14(18)6-2-3-7-14)13-5-4-12(15)8-11(13)9-16/h4-5,8,18H,2-3,6-7,10H2,1H3. The second-order valence-corrected chi connectivity index (χ2v) is 5.50. The fourth-order valence-electron chi connectivity index (χ4n) is 2.65. The van der Waals surface area contributed by atoms with Crippen molar-refractivity contribution in [2.75, 3.05) is 18.5 Å². The molecule has 0 amide bonds. The van der Waals surface area contributed by atoms with E-state index in [0.29, 0.717) is 17.1 Å². The summed E-state index contributed by atoms with van der Waals surface area (Å²) in [5.74, 6) is 0. The molecule has 1 aliphatic carbocycles. The van der Waals surface area contributed by atoms with Crippen LogP contribution in [0.2, 0.25) is 5.02 Å². The summed E-state index contributed by atoms with van der Waals surface area (Å²) in [6.07, 6.45) is 3.84. The lowest BCUT2D eigenvalue weighted by Crippen LogP contribution is -2.39. The maximum absolute atomic E-state index is 10.4. The van der Waals surface area contributed by atoms with Crippen LogP contribution in [0.4, 0.5) is 5.69 Å². The van der Waals surface area contributed by atoms with Crippen LogP contribution in [0, 0.1) is 11.3 Å². The summed E-state index contributed by atoms with van der Waals surface area (Å²) < 4.78 is 0. The molecule has 1 fully saturated rings. The first-order chi connectivity index (χ1) is 8.54. The first-order valence-corrected chi connectivity index (χ1v) is 6.55. The Hall–Kier alpha value is -1.24. The topological polar surface area (TPSA) is 47.3 Å². The number of aliphatic hydroxyl groups is 1. The first-order valence-electron chi connectivity index (χ1n) is 6.17. The Labute approximate surface area is 113 Å². The molecule has 0 atom stereocenters. The van der Waals surface area contributed by atoms with Crippen molar-refractivity contribution in [3.63, 3.8) is 0 Å². The van der Waals surface area contributed by atoms with Crippen LogP contribution in [-0.4, -0.2) is 24.3 Å². The third kappa shape index (κ3) is 2.77. The van der Waals surface area contributed by atoms with Crippen LogP contribution < -0.4 is 4.90 Å². The highest BCUT2D eigenvalue weighted by atomic mass is 35.5. The van der Waals surface area contributed by atoms with Gasteiger partial charge in [-0.15, -0.1) is 0 Å². The lowest BCUT2D eigenvalue weighted by Gasteiger charge is -2.30. The van der Waals surface area contributed by atoms with E-state index in [-0.39, 0.29) is 0 Å². The van der Waals surface area contributed by atoms with Crippen LogP contribution >= 0.6 is 11.6 Å². The molecule has 0 aliphatic heterocycles. The molecule has 1 N–H and O–H groups in total. The van der Waals surface area contributed by atoms with Crippen molar-refractivity contribution in [2.24, 2.45) is 0 Å². The number of likely N-dealkylation sites (N-methyl/N-ethyl adjacent to an activating group) is 1. The van der Waals surface area contributed by atoms with Gasteiger partial charge in [0.2, 0.25) is 0 Å². The molecule has 1 saturated carbocycles. The molecule has 0 unspecified atom stereocenters. The molecule has 18 heavy (non-hydrogen) atoms. The number of rotatable bonds is 3. The second-order valence-electron chi connectivity index (χ2n) is 5.06. The van der Waals surface area contributed by atoms with Crippen molar-refractivity contribution in [1.82, 2.24) is 0 Å². The van der Waals surface area contributed by atoms with Gasteiger partial charge in [-0.1, -0.05) is 24.4 Å². The van der Waals surface area contributed by atoms with Gasteiger partial charge in [0.15, 0.2) is 0 Å². The summed E-state index contributed by atoms with van der Waals surface area (Å²) in [5.41, 5.74) is 0.759. The minimum Gasteiger partial charge on any atom is -0.388 e. The molecule has 3 nitrogen and oxygen atoms in total. The molecule has 1 aliphatic rings. The van der Waals surface area contributed by atoms with E-state index in [2.05, 4.69) is 6.07 Å². The summed E-state index contributed by atoms with van der Waals surface area (Å²) in [6.45, 7) is 0.559. The zero-order chi connectivity index (χ0) is 13.2. The van der Waals surface area contributed by atoms with Gasteiger partial charge in [-0.2, -0.15) is 5.26 Å². The Morgan fingerprint density at radius 2 is 2.11 bits per heavy atom. The zero-order valence-electron chi connectivity index (χ0n) is 10.5. The number of nitriles is 1. The summed E-state index contributed by atoms with van der Waals surface area (Å²) >= 11 is 5.88. The summed E-state index contributed by atoms with van der Waals surface area (Å²) in [7, 11) is 1.90. The van der Waals surface area contributed by atoms with E-state index >= 15 is 0 Å². The van der Waals surface area contributed by atoms with Crippen LogP contribution in [0.1, 0.15) is 31.2 Å². The largest absolute Gasteiger partial charge is 0.388 e. The predicted molar refractivity (Wildman–Crippen MR) is 72.9 cm³/mol. The van der Waals surface area contributed by atoms with Gasteiger partial charge in [0, 0.05) is 18.6 Å². The molecule has 0 saturated heterocycles. The number of anilines is 1. The molecule has 1 aromatic rings. The van der Waals surface area contributed by atoms with Gasteiger partial charge >= 0.3 is 0 Å². The number of hydrogen-bond donors (Lipinski definition) is 1. The van der Waals surface area contributed by atoms with E-state index in [4.69, 9.17) is 16.9 Å². The van der Waals surface area contributed by atoms with E-state index in [1.807, 2.05) is 18.0 Å². The van der Waals surface area contributed by atoms with Crippen molar-refractivity contribution >= 4 is 17.3 Å². The lowest BCUT2D eigenvalue weighted by molar-refractivity contribution is 0.0559. The maximum Gasteiger partial charge on any atom is 0.101 e. The van der Waals surface area contributed by atoms with Crippen LogP contribution in [0.25, 0.3) is 0 Å². The van der Waals surface area contributed by atoms with Gasteiger partial charge in [-0.05, 0) is 31.0 Å². The van der Waals surface area contributed by atoms with Gasteiger partial charge in [0.05, 0.1) is 16.9 Å². The van der Waals surface area contributed by atoms with Crippen molar-refractivity contribution in [3.05, 3.63) is 28.8 Å². The second kappa shape index (κ2) is 5.17. The molecular formula is C14H17ClN2O. The average Bonchev–Trinajstić information content (AvgIpc) is 2.75. The molecule has 0 heterocycles. The molecule has 4 heteroatoms. The molecule has 0 spiro atoms. The molecule has 0 aromatic heterocycles. The van der Waals surface area contributed by atoms with E-state index in [9.17, 15) is 5.11 Å². The van der Waals surface area contributed by atoms with Crippen LogP contribution in [-0.2, 0) is 0 Å². The smallest absolute Gasteiger partial charge is 0.101 e. The summed E-state index contributed by atoms with van der Waals surface area (Å²) in [5, 5.41) is 20.1. The predicted octanol–water partition coefficient (Wildman–Crippen LogP) is 2.95. The minimum absolute atomic E-state index is 0.548. The quantitative estimate of drug-likeness (QED) is 0.913. The Morgan fingerprint density at radius 3 is 2.72 bits per heavy atom. The van der Waals surface area contributed by atoms with Crippen LogP contribution in [0.5, 0.6) is 0 Å².